The molecule has 1 aliphatic carbocycles. The van der Waals surface area contributed by atoms with Crippen LogP contribution in [0.4, 0.5) is 4.39 Å². The molecule has 0 aromatic heterocycles. The number of esters is 1. The molecule has 0 spiro atoms. The molecular weight excluding hydrogens is 427 g/mol. The zero-order valence-electron chi connectivity index (χ0n) is 20.1. The SMILES string of the molecule is CCCCC1CCC(c2ccc(-c3ccc(C(=O)Oc4ccc(OC)cc4)cc3)c(F)c2)CC1. The van der Waals surface area contributed by atoms with Crippen LogP contribution in [0.1, 0.15) is 73.7 Å². The van der Waals surface area contributed by atoms with Crippen LogP contribution in [-0.4, -0.2) is 13.1 Å². The molecule has 0 radical (unpaired) electrons. The molecule has 34 heavy (non-hydrogen) atoms. The van der Waals surface area contributed by atoms with Crippen molar-refractivity contribution in [1.82, 2.24) is 0 Å². The summed E-state index contributed by atoms with van der Waals surface area (Å²) in [4.78, 5) is 12.5. The first-order chi connectivity index (χ1) is 16.6. The van der Waals surface area contributed by atoms with E-state index in [-0.39, 0.29) is 5.82 Å². The number of rotatable bonds is 8. The first kappa shape index (κ1) is 24.0. The standard InChI is InChI=1S/C30H33FO3/c1-3-4-5-21-6-8-22(9-7-21)25-14-19-28(29(31)20-25)23-10-12-24(13-11-23)30(32)34-27-17-15-26(33-2)16-18-27/h10-22H,3-9H2,1-2H3. The Morgan fingerprint density at radius 2 is 1.59 bits per heavy atom. The topological polar surface area (TPSA) is 35.5 Å². The lowest BCUT2D eigenvalue weighted by atomic mass is 9.77. The number of methoxy groups -OCH3 is 1. The molecule has 4 heteroatoms. The average Bonchev–Trinajstić information content (AvgIpc) is 2.88. The Balaban J connectivity index is 1.39. The first-order valence-electron chi connectivity index (χ1n) is 12.3. The number of hydrogen-bond acceptors (Lipinski definition) is 3. The number of ether oxygens (including phenoxy) is 2. The van der Waals surface area contributed by atoms with E-state index in [9.17, 15) is 4.79 Å². The van der Waals surface area contributed by atoms with Crippen molar-refractivity contribution in [2.75, 3.05) is 7.11 Å². The lowest BCUT2D eigenvalue weighted by Gasteiger charge is -2.29. The second kappa shape index (κ2) is 11.3. The molecule has 0 unspecified atom stereocenters. The summed E-state index contributed by atoms with van der Waals surface area (Å²) in [6.45, 7) is 2.25. The summed E-state index contributed by atoms with van der Waals surface area (Å²) in [6, 6.07) is 19.4. The molecule has 1 saturated carbocycles. The van der Waals surface area contributed by atoms with Crippen LogP contribution in [0.2, 0.25) is 0 Å². The Morgan fingerprint density at radius 3 is 2.21 bits per heavy atom. The maximum absolute atomic E-state index is 15.0. The quantitative estimate of drug-likeness (QED) is 0.251. The van der Waals surface area contributed by atoms with Crippen molar-refractivity contribution in [3.63, 3.8) is 0 Å². The highest BCUT2D eigenvalue weighted by Crippen LogP contribution is 2.38. The molecule has 0 aliphatic heterocycles. The fourth-order valence-electron chi connectivity index (χ4n) is 4.89. The Kier molecular flexibility index (Phi) is 7.99. The number of hydrogen-bond donors (Lipinski definition) is 0. The molecule has 0 heterocycles. The van der Waals surface area contributed by atoms with E-state index in [1.165, 1.54) is 32.1 Å². The predicted octanol–water partition coefficient (Wildman–Crippen LogP) is 8.18. The Hall–Kier alpha value is -3.14. The van der Waals surface area contributed by atoms with Crippen molar-refractivity contribution in [2.45, 2.75) is 57.8 Å². The second-order valence-corrected chi connectivity index (χ2v) is 9.24. The van der Waals surface area contributed by atoms with Gasteiger partial charge in [0.05, 0.1) is 12.7 Å². The van der Waals surface area contributed by atoms with Gasteiger partial charge in [0.15, 0.2) is 0 Å². The van der Waals surface area contributed by atoms with E-state index in [0.717, 1.165) is 29.9 Å². The third-order valence-corrected chi connectivity index (χ3v) is 6.98. The van der Waals surface area contributed by atoms with Crippen molar-refractivity contribution >= 4 is 5.97 Å². The van der Waals surface area contributed by atoms with E-state index in [0.29, 0.717) is 28.5 Å². The van der Waals surface area contributed by atoms with Crippen LogP contribution in [0.15, 0.2) is 66.7 Å². The number of benzene rings is 3. The van der Waals surface area contributed by atoms with Gasteiger partial charge in [-0.25, -0.2) is 9.18 Å². The van der Waals surface area contributed by atoms with Crippen LogP contribution in [-0.2, 0) is 0 Å². The molecule has 0 bridgehead atoms. The highest BCUT2D eigenvalue weighted by Gasteiger charge is 2.23. The summed E-state index contributed by atoms with van der Waals surface area (Å²) >= 11 is 0. The summed E-state index contributed by atoms with van der Waals surface area (Å²) in [5, 5.41) is 0. The lowest BCUT2D eigenvalue weighted by Crippen LogP contribution is -2.13. The molecule has 1 fully saturated rings. The highest BCUT2D eigenvalue weighted by atomic mass is 19.1. The normalized spacial score (nSPS) is 17.9. The summed E-state index contributed by atoms with van der Waals surface area (Å²) < 4.78 is 25.6. The average molecular weight is 461 g/mol. The van der Waals surface area contributed by atoms with Gasteiger partial charge in [0.25, 0.3) is 0 Å². The van der Waals surface area contributed by atoms with Gasteiger partial charge >= 0.3 is 5.97 Å². The molecule has 178 valence electrons. The minimum absolute atomic E-state index is 0.209. The number of halogens is 1. The van der Waals surface area contributed by atoms with Gasteiger partial charge in [0.1, 0.15) is 17.3 Å². The number of carbonyl (C=O) groups excluding carboxylic acids is 1. The molecule has 0 amide bonds. The molecule has 3 nitrogen and oxygen atoms in total. The maximum atomic E-state index is 15.0. The van der Waals surface area contributed by atoms with Gasteiger partial charge < -0.3 is 9.47 Å². The van der Waals surface area contributed by atoms with Crippen LogP contribution in [0.25, 0.3) is 11.1 Å². The van der Waals surface area contributed by atoms with Gasteiger partial charge in [-0.1, -0.05) is 50.5 Å². The van der Waals surface area contributed by atoms with E-state index >= 15 is 4.39 Å². The van der Waals surface area contributed by atoms with Crippen LogP contribution in [0.5, 0.6) is 11.5 Å². The fourth-order valence-corrected chi connectivity index (χ4v) is 4.89. The Bertz CT molecular complexity index is 1080. The van der Waals surface area contributed by atoms with E-state index < -0.39 is 5.97 Å². The summed E-state index contributed by atoms with van der Waals surface area (Å²) in [7, 11) is 1.58. The highest BCUT2D eigenvalue weighted by molar-refractivity contribution is 5.91. The van der Waals surface area contributed by atoms with Crippen LogP contribution in [0, 0.1) is 11.7 Å². The molecule has 3 aromatic carbocycles. The fraction of sp³-hybridized carbons (Fsp3) is 0.367. The molecule has 0 N–H and O–H groups in total. The minimum Gasteiger partial charge on any atom is -0.497 e. The Morgan fingerprint density at radius 1 is 0.912 bits per heavy atom. The molecule has 0 atom stereocenters. The van der Waals surface area contributed by atoms with Crippen molar-refractivity contribution in [3.8, 4) is 22.6 Å². The third kappa shape index (κ3) is 5.85. The van der Waals surface area contributed by atoms with Crippen molar-refractivity contribution < 1.29 is 18.7 Å². The number of unbranched alkanes of at least 4 members (excludes halogenated alkanes) is 1. The van der Waals surface area contributed by atoms with Gasteiger partial charge in [0.2, 0.25) is 0 Å². The molecular formula is C30H33FO3. The van der Waals surface area contributed by atoms with Gasteiger partial charge in [-0.2, -0.15) is 0 Å². The van der Waals surface area contributed by atoms with Crippen molar-refractivity contribution in [1.29, 1.82) is 0 Å². The lowest BCUT2D eigenvalue weighted by molar-refractivity contribution is 0.0734. The maximum Gasteiger partial charge on any atom is 0.343 e. The second-order valence-electron chi connectivity index (χ2n) is 9.24. The zero-order chi connectivity index (χ0) is 23.9. The molecule has 1 aliphatic rings. The summed E-state index contributed by atoms with van der Waals surface area (Å²) in [5.74, 6) is 1.76. The van der Waals surface area contributed by atoms with Gasteiger partial charge in [-0.3, -0.25) is 0 Å². The van der Waals surface area contributed by atoms with Crippen molar-refractivity contribution in [2.24, 2.45) is 5.92 Å². The molecule has 3 aromatic rings. The Labute approximate surface area is 201 Å². The van der Waals surface area contributed by atoms with Gasteiger partial charge in [-0.15, -0.1) is 0 Å². The van der Waals surface area contributed by atoms with E-state index in [1.807, 2.05) is 6.07 Å². The number of carbonyl (C=O) groups is 1. The van der Waals surface area contributed by atoms with E-state index in [4.69, 9.17) is 9.47 Å². The van der Waals surface area contributed by atoms with E-state index in [1.54, 1.807) is 61.7 Å². The smallest absolute Gasteiger partial charge is 0.343 e. The van der Waals surface area contributed by atoms with Gasteiger partial charge in [0, 0.05) is 5.56 Å². The van der Waals surface area contributed by atoms with Crippen molar-refractivity contribution in [3.05, 3.63) is 83.7 Å². The largest absolute Gasteiger partial charge is 0.497 e. The van der Waals surface area contributed by atoms with Crippen LogP contribution >= 0.6 is 0 Å². The monoisotopic (exact) mass is 460 g/mol. The molecule has 0 saturated heterocycles. The minimum atomic E-state index is -0.456. The van der Waals surface area contributed by atoms with Gasteiger partial charge in [-0.05, 0) is 91.1 Å². The zero-order valence-corrected chi connectivity index (χ0v) is 20.1. The first-order valence-corrected chi connectivity index (χ1v) is 12.3. The van der Waals surface area contributed by atoms with E-state index in [2.05, 4.69) is 13.0 Å². The molecule has 4 rings (SSSR count). The van der Waals surface area contributed by atoms with Crippen LogP contribution < -0.4 is 9.47 Å². The predicted molar refractivity (Wildman–Crippen MR) is 134 cm³/mol. The van der Waals surface area contributed by atoms with Crippen LogP contribution in [0.3, 0.4) is 0 Å². The third-order valence-electron chi connectivity index (χ3n) is 6.98. The summed E-state index contributed by atoms with van der Waals surface area (Å²) in [5.41, 5.74) is 2.81. The summed E-state index contributed by atoms with van der Waals surface area (Å²) in [6.07, 6.45) is 8.72.